The van der Waals surface area contributed by atoms with E-state index in [1.807, 2.05) is 0 Å². The molecule has 2 aliphatic carbocycles. The van der Waals surface area contributed by atoms with Gasteiger partial charge in [0.05, 0.1) is 11.1 Å². The van der Waals surface area contributed by atoms with Gasteiger partial charge in [-0.15, -0.1) is 0 Å². The third-order valence-corrected chi connectivity index (χ3v) is 6.12. The zero-order valence-electron chi connectivity index (χ0n) is 15.6. The molecule has 0 radical (unpaired) electrons. The van der Waals surface area contributed by atoms with Crippen molar-refractivity contribution >= 4 is 28.0 Å². The van der Waals surface area contributed by atoms with Crippen LogP contribution >= 0.6 is 0 Å². The van der Waals surface area contributed by atoms with Crippen molar-refractivity contribution in [2.24, 2.45) is 0 Å². The molecular weight excluding hydrogens is 340 g/mol. The van der Waals surface area contributed by atoms with Crippen LogP contribution in [0.25, 0.3) is 22.2 Å². The molecule has 1 saturated carbocycles. The second kappa shape index (κ2) is 7.08. The van der Waals surface area contributed by atoms with Crippen LogP contribution in [0.15, 0.2) is 10.7 Å². The summed E-state index contributed by atoms with van der Waals surface area (Å²) < 4.78 is 6.21. The molecule has 142 valence electrons. The van der Waals surface area contributed by atoms with E-state index in [0.717, 1.165) is 29.5 Å². The van der Waals surface area contributed by atoms with Crippen molar-refractivity contribution < 1.29 is 9.52 Å². The SMILES string of the molecule is OCCCNc1ncnc2c1oc1nc(C3CCCCC3)c3c(c12)CCC3. The van der Waals surface area contributed by atoms with Gasteiger partial charge in [-0.3, -0.25) is 0 Å². The summed E-state index contributed by atoms with van der Waals surface area (Å²) in [4.78, 5) is 13.9. The van der Waals surface area contributed by atoms with Gasteiger partial charge in [0.1, 0.15) is 11.8 Å². The Kier molecular flexibility index (Phi) is 4.44. The second-order valence-corrected chi connectivity index (χ2v) is 7.83. The van der Waals surface area contributed by atoms with Crippen LogP contribution in [-0.2, 0) is 12.8 Å². The molecule has 5 rings (SSSR count). The van der Waals surface area contributed by atoms with Gasteiger partial charge >= 0.3 is 0 Å². The van der Waals surface area contributed by atoms with Crippen LogP contribution < -0.4 is 5.32 Å². The predicted octanol–water partition coefficient (Wildman–Crippen LogP) is 4.10. The molecule has 6 heteroatoms. The fourth-order valence-electron chi connectivity index (χ4n) is 4.85. The highest BCUT2D eigenvalue weighted by atomic mass is 16.3. The van der Waals surface area contributed by atoms with Crippen molar-refractivity contribution in [2.75, 3.05) is 18.5 Å². The Hall–Kier alpha value is -2.21. The number of hydrogen-bond acceptors (Lipinski definition) is 6. The summed E-state index contributed by atoms with van der Waals surface area (Å²) in [6.07, 6.45) is 12.1. The van der Waals surface area contributed by atoms with Gasteiger partial charge in [0.15, 0.2) is 11.4 Å². The first kappa shape index (κ1) is 16.9. The van der Waals surface area contributed by atoms with Crippen molar-refractivity contribution in [3.05, 3.63) is 23.1 Å². The number of fused-ring (bicyclic) bond motifs is 5. The number of aromatic nitrogens is 3. The van der Waals surface area contributed by atoms with Gasteiger partial charge in [-0.05, 0) is 49.7 Å². The zero-order chi connectivity index (χ0) is 18.2. The molecule has 0 amide bonds. The third-order valence-electron chi connectivity index (χ3n) is 6.12. The van der Waals surface area contributed by atoms with E-state index in [1.165, 1.54) is 55.3 Å². The lowest BCUT2D eigenvalue weighted by molar-refractivity contribution is 0.292. The summed E-state index contributed by atoms with van der Waals surface area (Å²) >= 11 is 0. The number of nitrogens with one attached hydrogen (secondary N) is 1. The van der Waals surface area contributed by atoms with Gasteiger partial charge in [-0.2, -0.15) is 0 Å². The molecule has 3 aromatic heterocycles. The van der Waals surface area contributed by atoms with Gasteiger partial charge in [0.2, 0.25) is 5.71 Å². The van der Waals surface area contributed by atoms with Crippen LogP contribution in [0.5, 0.6) is 0 Å². The first-order valence-electron chi connectivity index (χ1n) is 10.3. The fraction of sp³-hybridized carbons (Fsp3) is 0.571. The number of nitrogens with zero attached hydrogens (tertiary/aromatic N) is 3. The number of aryl methyl sites for hydroxylation is 1. The number of rotatable bonds is 5. The van der Waals surface area contributed by atoms with E-state index in [2.05, 4.69) is 15.3 Å². The van der Waals surface area contributed by atoms with Gasteiger partial charge in [-0.1, -0.05) is 19.3 Å². The summed E-state index contributed by atoms with van der Waals surface area (Å²) in [7, 11) is 0. The van der Waals surface area contributed by atoms with Crippen LogP contribution in [0.4, 0.5) is 5.82 Å². The summed E-state index contributed by atoms with van der Waals surface area (Å²) in [6, 6.07) is 0. The second-order valence-electron chi connectivity index (χ2n) is 7.83. The molecular formula is C21H26N4O2. The molecule has 6 nitrogen and oxygen atoms in total. The summed E-state index contributed by atoms with van der Waals surface area (Å²) in [5.74, 6) is 1.27. The van der Waals surface area contributed by atoms with E-state index in [0.29, 0.717) is 30.3 Å². The first-order chi connectivity index (χ1) is 13.4. The minimum Gasteiger partial charge on any atom is -0.432 e. The van der Waals surface area contributed by atoms with Gasteiger partial charge in [0, 0.05) is 19.1 Å². The minimum atomic E-state index is 0.154. The molecule has 0 aliphatic heterocycles. The number of pyridine rings is 1. The largest absolute Gasteiger partial charge is 0.432 e. The summed E-state index contributed by atoms with van der Waals surface area (Å²) in [5, 5.41) is 13.4. The maximum absolute atomic E-state index is 9.03. The molecule has 3 aromatic rings. The van der Waals surface area contributed by atoms with E-state index in [9.17, 15) is 0 Å². The molecule has 1 fully saturated rings. The molecule has 27 heavy (non-hydrogen) atoms. The maximum atomic E-state index is 9.03. The topological polar surface area (TPSA) is 84.1 Å². The van der Waals surface area contributed by atoms with E-state index >= 15 is 0 Å². The Morgan fingerprint density at radius 3 is 2.78 bits per heavy atom. The summed E-state index contributed by atoms with van der Waals surface area (Å²) in [6.45, 7) is 0.805. The minimum absolute atomic E-state index is 0.154. The molecule has 0 saturated heterocycles. The van der Waals surface area contributed by atoms with Crippen LogP contribution in [0.1, 0.15) is 67.7 Å². The molecule has 0 atom stereocenters. The summed E-state index contributed by atoms with van der Waals surface area (Å²) in [5.41, 5.74) is 6.43. The van der Waals surface area contributed by atoms with Gasteiger partial charge in [0.25, 0.3) is 0 Å². The Labute approximate surface area is 158 Å². The lowest BCUT2D eigenvalue weighted by Gasteiger charge is -2.23. The van der Waals surface area contributed by atoms with Gasteiger partial charge in [-0.25, -0.2) is 15.0 Å². The monoisotopic (exact) mass is 366 g/mol. The van der Waals surface area contributed by atoms with E-state index in [4.69, 9.17) is 14.5 Å². The Morgan fingerprint density at radius 2 is 1.93 bits per heavy atom. The van der Waals surface area contributed by atoms with E-state index < -0.39 is 0 Å². The number of aliphatic hydroxyl groups is 1. The maximum Gasteiger partial charge on any atom is 0.229 e. The Balaban J connectivity index is 1.66. The number of furan rings is 1. The van der Waals surface area contributed by atoms with Crippen LogP contribution in [-0.4, -0.2) is 33.2 Å². The van der Waals surface area contributed by atoms with Crippen molar-refractivity contribution in [1.82, 2.24) is 15.0 Å². The fourth-order valence-corrected chi connectivity index (χ4v) is 4.85. The number of aliphatic hydroxyl groups excluding tert-OH is 1. The average Bonchev–Trinajstić information content (AvgIpc) is 3.32. The van der Waals surface area contributed by atoms with Crippen molar-refractivity contribution in [2.45, 2.75) is 63.7 Å². The number of anilines is 1. The highest BCUT2D eigenvalue weighted by molar-refractivity contribution is 6.06. The Morgan fingerprint density at radius 1 is 1.07 bits per heavy atom. The predicted molar refractivity (Wildman–Crippen MR) is 105 cm³/mol. The molecule has 2 aliphatic rings. The zero-order valence-corrected chi connectivity index (χ0v) is 15.6. The number of hydrogen-bond donors (Lipinski definition) is 2. The lowest BCUT2D eigenvalue weighted by Crippen LogP contribution is -2.10. The van der Waals surface area contributed by atoms with Crippen LogP contribution in [0.3, 0.4) is 0 Å². The normalized spacial score (nSPS) is 17.7. The van der Waals surface area contributed by atoms with Crippen molar-refractivity contribution in [3.63, 3.8) is 0 Å². The first-order valence-corrected chi connectivity index (χ1v) is 10.3. The van der Waals surface area contributed by atoms with Gasteiger partial charge < -0.3 is 14.8 Å². The molecule has 0 bridgehead atoms. The molecule has 0 aromatic carbocycles. The standard InChI is InChI=1S/C21H26N4O2/c26-11-5-10-22-20-19-18(23-12-24-20)16-14-8-4-9-15(14)17(25-21(16)27-19)13-6-2-1-3-7-13/h12-13,26H,1-11H2,(H,22,23,24). The van der Waals surface area contributed by atoms with Crippen molar-refractivity contribution in [1.29, 1.82) is 0 Å². The van der Waals surface area contributed by atoms with Crippen LogP contribution in [0, 0.1) is 0 Å². The molecule has 0 spiro atoms. The lowest BCUT2D eigenvalue weighted by atomic mass is 9.84. The Bertz CT molecular complexity index is 975. The average molecular weight is 366 g/mol. The third kappa shape index (κ3) is 2.87. The highest BCUT2D eigenvalue weighted by Crippen LogP contribution is 2.42. The molecule has 0 unspecified atom stereocenters. The van der Waals surface area contributed by atoms with Crippen LogP contribution in [0.2, 0.25) is 0 Å². The quantitative estimate of drug-likeness (QED) is 0.661. The van der Waals surface area contributed by atoms with Crippen molar-refractivity contribution in [3.8, 4) is 0 Å². The van der Waals surface area contributed by atoms with E-state index in [1.54, 1.807) is 6.33 Å². The highest BCUT2D eigenvalue weighted by Gasteiger charge is 2.29. The smallest absolute Gasteiger partial charge is 0.229 e. The molecule has 3 heterocycles. The van der Waals surface area contributed by atoms with E-state index in [-0.39, 0.29) is 6.61 Å². The molecule has 2 N–H and O–H groups in total.